The van der Waals surface area contributed by atoms with E-state index in [1.165, 1.54) is 4.90 Å². The van der Waals surface area contributed by atoms with Crippen LogP contribution in [-0.2, 0) is 14.3 Å². The molecule has 1 saturated heterocycles. The molecule has 2 aromatic rings. The molecular weight excluding hydrogens is 418 g/mol. The Morgan fingerprint density at radius 1 is 1.10 bits per heavy atom. The lowest BCUT2D eigenvalue weighted by molar-refractivity contribution is -0.145. The number of ether oxygens (including phenoxy) is 2. The third-order valence-corrected chi connectivity index (χ3v) is 5.21. The highest BCUT2D eigenvalue weighted by molar-refractivity contribution is 6.30. The van der Waals surface area contributed by atoms with Gasteiger partial charge in [-0.25, -0.2) is 0 Å². The number of hydrogen-bond acceptors (Lipinski definition) is 5. The van der Waals surface area contributed by atoms with E-state index in [1.807, 2.05) is 24.3 Å². The van der Waals surface area contributed by atoms with Crippen LogP contribution in [0.2, 0.25) is 5.02 Å². The molecule has 1 fully saturated rings. The molecule has 0 atom stereocenters. The van der Waals surface area contributed by atoms with Crippen molar-refractivity contribution in [3.63, 3.8) is 0 Å². The van der Waals surface area contributed by atoms with Crippen molar-refractivity contribution in [2.24, 2.45) is 0 Å². The summed E-state index contributed by atoms with van der Waals surface area (Å²) in [5, 5.41) is 3.42. The summed E-state index contributed by atoms with van der Waals surface area (Å²) in [5.41, 5.74) is 0.636. The third kappa shape index (κ3) is 6.35. The molecule has 1 N–H and O–H groups in total. The van der Waals surface area contributed by atoms with E-state index in [0.717, 1.165) is 32.0 Å². The van der Waals surface area contributed by atoms with Gasteiger partial charge in [-0.1, -0.05) is 11.6 Å². The molecule has 3 rings (SSSR count). The average Bonchev–Trinajstić information content (AvgIpc) is 2.75. The fourth-order valence-corrected chi connectivity index (χ4v) is 3.49. The van der Waals surface area contributed by atoms with Gasteiger partial charge in [0.05, 0.1) is 19.8 Å². The van der Waals surface area contributed by atoms with Crippen molar-refractivity contribution in [3.05, 3.63) is 53.6 Å². The van der Waals surface area contributed by atoms with Crippen molar-refractivity contribution in [1.29, 1.82) is 0 Å². The Morgan fingerprint density at radius 3 is 2.32 bits per heavy atom. The molecule has 1 aliphatic rings. The molecule has 1 heterocycles. The minimum atomic E-state index is -1.14. The summed E-state index contributed by atoms with van der Waals surface area (Å²) < 4.78 is 11.2. The van der Waals surface area contributed by atoms with E-state index in [0.29, 0.717) is 16.5 Å². The number of amides is 2. The first kappa shape index (κ1) is 22.9. The number of likely N-dealkylation sites (N-methyl/N-ethyl adjacent to an activating group) is 1. The molecule has 0 radical (unpaired) electrons. The summed E-state index contributed by atoms with van der Waals surface area (Å²) in [7, 11) is 1.58. The summed E-state index contributed by atoms with van der Waals surface area (Å²) in [5.74, 6) is -0.0570. The predicted octanol–water partition coefficient (Wildman–Crippen LogP) is 3.43. The van der Waals surface area contributed by atoms with E-state index >= 15 is 0 Å². The second kappa shape index (κ2) is 10.0. The minimum Gasteiger partial charge on any atom is -0.478 e. The maximum Gasteiger partial charge on any atom is 0.266 e. The van der Waals surface area contributed by atoms with E-state index in [4.69, 9.17) is 21.1 Å². The second-order valence-electron chi connectivity index (χ2n) is 7.92. The van der Waals surface area contributed by atoms with Crippen molar-refractivity contribution in [2.75, 3.05) is 50.1 Å². The van der Waals surface area contributed by atoms with Crippen LogP contribution in [0.25, 0.3) is 0 Å². The Kier molecular flexibility index (Phi) is 7.41. The zero-order chi connectivity index (χ0) is 22.4. The first-order chi connectivity index (χ1) is 14.7. The first-order valence-corrected chi connectivity index (χ1v) is 10.6. The Morgan fingerprint density at radius 2 is 1.71 bits per heavy atom. The summed E-state index contributed by atoms with van der Waals surface area (Å²) in [6.45, 7) is 6.40. The SMILES string of the molecule is CN(CC(=O)Nc1ccc(N2CCOCC2)cc1)C(=O)C(C)(C)Oc1ccc(Cl)cc1. The molecule has 31 heavy (non-hydrogen) atoms. The number of nitrogens with zero attached hydrogens (tertiary/aromatic N) is 2. The zero-order valence-corrected chi connectivity index (χ0v) is 18.8. The van der Waals surface area contributed by atoms with Crippen molar-refractivity contribution in [2.45, 2.75) is 19.4 Å². The topological polar surface area (TPSA) is 71.1 Å². The van der Waals surface area contributed by atoms with Gasteiger partial charge in [0.25, 0.3) is 5.91 Å². The van der Waals surface area contributed by atoms with Gasteiger partial charge in [0.15, 0.2) is 5.60 Å². The predicted molar refractivity (Wildman–Crippen MR) is 122 cm³/mol. The van der Waals surface area contributed by atoms with Gasteiger partial charge in [-0.05, 0) is 62.4 Å². The maximum atomic E-state index is 12.8. The highest BCUT2D eigenvalue weighted by Gasteiger charge is 2.33. The summed E-state index contributed by atoms with van der Waals surface area (Å²) >= 11 is 5.89. The average molecular weight is 446 g/mol. The molecule has 0 spiro atoms. The zero-order valence-electron chi connectivity index (χ0n) is 18.1. The quantitative estimate of drug-likeness (QED) is 0.707. The van der Waals surface area contributed by atoms with Gasteiger partial charge in [-0.2, -0.15) is 0 Å². The molecule has 0 aromatic heterocycles. The fourth-order valence-electron chi connectivity index (χ4n) is 3.37. The van der Waals surface area contributed by atoms with Crippen LogP contribution in [0.15, 0.2) is 48.5 Å². The summed E-state index contributed by atoms with van der Waals surface area (Å²) in [4.78, 5) is 28.9. The molecule has 7 nitrogen and oxygen atoms in total. The summed E-state index contributed by atoms with van der Waals surface area (Å²) in [6.07, 6.45) is 0. The number of carbonyl (C=O) groups excluding carboxylic acids is 2. The Balaban J connectivity index is 1.53. The Labute approximate surface area is 187 Å². The van der Waals surface area contributed by atoms with E-state index in [-0.39, 0.29) is 18.4 Å². The molecule has 0 saturated carbocycles. The van der Waals surface area contributed by atoms with Crippen LogP contribution in [0.1, 0.15) is 13.8 Å². The van der Waals surface area contributed by atoms with Gasteiger partial charge in [0, 0.05) is 36.5 Å². The van der Waals surface area contributed by atoms with Gasteiger partial charge in [-0.3, -0.25) is 9.59 Å². The number of carbonyl (C=O) groups is 2. The van der Waals surface area contributed by atoms with Crippen LogP contribution in [0, 0.1) is 0 Å². The number of hydrogen-bond donors (Lipinski definition) is 1. The number of nitrogens with one attached hydrogen (secondary N) is 1. The smallest absolute Gasteiger partial charge is 0.266 e. The second-order valence-corrected chi connectivity index (χ2v) is 8.36. The van der Waals surface area contributed by atoms with Crippen molar-refractivity contribution in [3.8, 4) is 5.75 Å². The van der Waals surface area contributed by atoms with Gasteiger partial charge >= 0.3 is 0 Å². The maximum absolute atomic E-state index is 12.8. The van der Waals surface area contributed by atoms with Crippen molar-refractivity contribution >= 4 is 34.8 Å². The van der Waals surface area contributed by atoms with E-state index in [2.05, 4.69) is 10.2 Å². The molecule has 166 valence electrons. The van der Waals surface area contributed by atoms with Crippen LogP contribution < -0.4 is 15.0 Å². The minimum absolute atomic E-state index is 0.0859. The van der Waals surface area contributed by atoms with E-state index < -0.39 is 5.60 Å². The van der Waals surface area contributed by atoms with Crippen LogP contribution in [0.3, 0.4) is 0 Å². The summed E-state index contributed by atoms with van der Waals surface area (Å²) in [6, 6.07) is 14.4. The Bertz CT molecular complexity index is 894. The van der Waals surface area contributed by atoms with E-state index in [9.17, 15) is 9.59 Å². The number of morpholine rings is 1. The number of halogens is 1. The molecule has 0 unspecified atom stereocenters. The van der Waals surface area contributed by atoms with Crippen LogP contribution in [0.5, 0.6) is 5.75 Å². The van der Waals surface area contributed by atoms with Crippen molar-refractivity contribution < 1.29 is 19.1 Å². The number of rotatable bonds is 7. The lowest BCUT2D eigenvalue weighted by atomic mass is 10.1. The Hall–Kier alpha value is -2.77. The monoisotopic (exact) mass is 445 g/mol. The molecule has 0 aliphatic carbocycles. The molecule has 1 aliphatic heterocycles. The highest BCUT2D eigenvalue weighted by atomic mass is 35.5. The molecule has 2 amide bonds. The third-order valence-electron chi connectivity index (χ3n) is 4.96. The van der Waals surface area contributed by atoms with Gasteiger partial charge < -0.3 is 24.6 Å². The number of benzene rings is 2. The molecule has 8 heteroatoms. The van der Waals surface area contributed by atoms with Crippen LogP contribution in [0.4, 0.5) is 11.4 Å². The largest absolute Gasteiger partial charge is 0.478 e. The fraction of sp³-hybridized carbons (Fsp3) is 0.391. The van der Waals surface area contributed by atoms with Crippen molar-refractivity contribution in [1.82, 2.24) is 4.90 Å². The van der Waals surface area contributed by atoms with Gasteiger partial charge in [-0.15, -0.1) is 0 Å². The van der Waals surface area contributed by atoms with Crippen LogP contribution >= 0.6 is 11.6 Å². The normalized spacial score (nSPS) is 14.1. The van der Waals surface area contributed by atoms with E-state index in [1.54, 1.807) is 45.2 Å². The lowest BCUT2D eigenvalue weighted by Crippen LogP contribution is -2.49. The van der Waals surface area contributed by atoms with Gasteiger partial charge in [0.2, 0.25) is 5.91 Å². The molecule has 2 aromatic carbocycles. The van der Waals surface area contributed by atoms with Crippen LogP contribution in [-0.4, -0.2) is 62.2 Å². The highest BCUT2D eigenvalue weighted by Crippen LogP contribution is 2.22. The first-order valence-electron chi connectivity index (χ1n) is 10.2. The molecule has 0 bridgehead atoms. The molecular formula is C23H28ClN3O4. The number of anilines is 2. The lowest BCUT2D eigenvalue weighted by Gasteiger charge is -2.30. The van der Waals surface area contributed by atoms with Gasteiger partial charge in [0.1, 0.15) is 5.75 Å². The standard InChI is InChI=1S/C23H28ClN3O4/c1-23(2,31-20-10-4-17(24)5-11-20)22(29)26(3)16-21(28)25-18-6-8-19(9-7-18)27-12-14-30-15-13-27/h4-11H,12-16H2,1-3H3,(H,25,28).